The van der Waals surface area contributed by atoms with Gasteiger partial charge in [-0.15, -0.1) is 0 Å². The van der Waals surface area contributed by atoms with Gasteiger partial charge in [0.2, 0.25) is 5.91 Å². The Morgan fingerprint density at radius 2 is 1.12 bits per heavy atom. The minimum atomic E-state index is -4.50. The minimum absolute atomic E-state index is 0.241. The molecule has 12 heteroatoms. The van der Waals surface area contributed by atoms with Crippen LogP contribution in [0.15, 0.2) is 0 Å². The fourth-order valence-electron chi connectivity index (χ4n) is 2.50. The molecular formula is C14H23F3N4O5. The summed E-state index contributed by atoms with van der Waals surface area (Å²) in [4.78, 5) is 38.3. The zero-order chi connectivity index (χ0) is 19.7. The Balaban J connectivity index is 2.66. The minimum Gasteiger partial charge on any atom is -0.480 e. The van der Waals surface area contributed by atoms with Crippen LogP contribution in [0.4, 0.5) is 13.2 Å². The van der Waals surface area contributed by atoms with Crippen LogP contribution in [0.3, 0.4) is 0 Å². The summed E-state index contributed by atoms with van der Waals surface area (Å²) >= 11 is 0. The highest BCUT2D eigenvalue weighted by Crippen LogP contribution is 2.12. The second-order valence-corrected chi connectivity index (χ2v) is 6.01. The lowest BCUT2D eigenvalue weighted by molar-refractivity contribution is -0.140. The number of aliphatic carboxylic acids is 2. The van der Waals surface area contributed by atoms with Crippen molar-refractivity contribution in [2.24, 2.45) is 0 Å². The summed E-state index contributed by atoms with van der Waals surface area (Å²) in [5, 5.41) is 19.7. The van der Waals surface area contributed by atoms with E-state index in [2.05, 4.69) is 0 Å². The van der Waals surface area contributed by atoms with Gasteiger partial charge in [0, 0.05) is 39.3 Å². The van der Waals surface area contributed by atoms with Gasteiger partial charge in [-0.1, -0.05) is 0 Å². The van der Waals surface area contributed by atoms with E-state index in [-0.39, 0.29) is 32.7 Å². The summed E-state index contributed by atoms with van der Waals surface area (Å²) in [7, 11) is 0. The van der Waals surface area contributed by atoms with Gasteiger partial charge in [-0.2, -0.15) is 13.2 Å². The van der Waals surface area contributed by atoms with E-state index in [0.29, 0.717) is 26.2 Å². The summed E-state index contributed by atoms with van der Waals surface area (Å²) < 4.78 is 36.5. The molecule has 0 aromatic carbocycles. The number of carboxylic acids is 2. The SMILES string of the molecule is O=C(O)CN1CCN(CC(=O)O)CCN(CC(=O)NCC(F)(F)F)CC1. The molecule has 0 spiro atoms. The number of alkyl halides is 3. The monoisotopic (exact) mass is 384 g/mol. The summed E-state index contributed by atoms with van der Waals surface area (Å²) in [6.07, 6.45) is -4.50. The van der Waals surface area contributed by atoms with Gasteiger partial charge >= 0.3 is 18.1 Å². The average Bonchev–Trinajstić information content (AvgIpc) is 2.57. The van der Waals surface area contributed by atoms with E-state index in [9.17, 15) is 27.6 Å². The van der Waals surface area contributed by atoms with E-state index >= 15 is 0 Å². The first-order valence-corrected chi connectivity index (χ1v) is 7.99. The van der Waals surface area contributed by atoms with Gasteiger partial charge in [0.15, 0.2) is 0 Å². The Hall–Kier alpha value is -1.92. The fraction of sp³-hybridized carbons (Fsp3) is 0.786. The molecule has 0 unspecified atom stereocenters. The zero-order valence-corrected chi connectivity index (χ0v) is 14.2. The number of nitrogens with one attached hydrogen (secondary N) is 1. The van der Waals surface area contributed by atoms with Gasteiger partial charge in [0.25, 0.3) is 0 Å². The van der Waals surface area contributed by atoms with Gasteiger partial charge in [0.05, 0.1) is 19.6 Å². The van der Waals surface area contributed by atoms with Crippen molar-refractivity contribution in [2.45, 2.75) is 6.18 Å². The van der Waals surface area contributed by atoms with E-state index in [1.807, 2.05) is 0 Å². The highest BCUT2D eigenvalue weighted by atomic mass is 19.4. The largest absolute Gasteiger partial charge is 0.480 e. The van der Waals surface area contributed by atoms with Crippen molar-refractivity contribution in [1.82, 2.24) is 20.0 Å². The van der Waals surface area contributed by atoms with Crippen LogP contribution in [0.5, 0.6) is 0 Å². The lowest BCUT2D eigenvalue weighted by Crippen LogP contribution is -2.45. The molecule has 1 rings (SSSR count). The number of nitrogens with zero attached hydrogens (tertiary/aromatic N) is 3. The molecule has 0 atom stereocenters. The molecule has 1 saturated heterocycles. The van der Waals surface area contributed by atoms with E-state index in [4.69, 9.17) is 10.2 Å². The number of rotatable bonds is 7. The van der Waals surface area contributed by atoms with Crippen molar-refractivity contribution in [3.63, 3.8) is 0 Å². The van der Waals surface area contributed by atoms with Crippen LogP contribution in [0.25, 0.3) is 0 Å². The molecule has 1 aliphatic rings. The molecule has 1 amide bonds. The number of carbonyl (C=O) groups excluding carboxylic acids is 1. The van der Waals surface area contributed by atoms with Gasteiger partial charge in [-0.3, -0.25) is 29.1 Å². The van der Waals surface area contributed by atoms with Crippen molar-refractivity contribution < 1.29 is 37.8 Å². The van der Waals surface area contributed by atoms with Gasteiger partial charge in [-0.05, 0) is 0 Å². The fourth-order valence-corrected chi connectivity index (χ4v) is 2.50. The van der Waals surface area contributed by atoms with Crippen LogP contribution >= 0.6 is 0 Å². The molecule has 1 fully saturated rings. The number of carboxylic acid groups (broad SMARTS) is 2. The Morgan fingerprint density at radius 3 is 1.42 bits per heavy atom. The Bertz CT molecular complexity index is 475. The molecule has 0 radical (unpaired) electrons. The number of amides is 1. The zero-order valence-electron chi connectivity index (χ0n) is 14.2. The molecule has 0 aliphatic carbocycles. The first-order valence-electron chi connectivity index (χ1n) is 7.99. The van der Waals surface area contributed by atoms with Crippen LogP contribution < -0.4 is 5.32 Å². The van der Waals surface area contributed by atoms with Crippen molar-refractivity contribution in [3.05, 3.63) is 0 Å². The molecule has 0 aromatic heterocycles. The smallest absolute Gasteiger partial charge is 0.405 e. The first-order chi connectivity index (χ1) is 12.0. The van der Waals surface area contributed by atoms with Crippen LogP contribution in [-0.2, 0) is 14.4 Å². The van der Waals surface area contributed by atoms with Crippen molar-refractivity contribution in [3.8, 4) is 0 Å². The Labute approximate surface area is 148 Å². The van der Waals surface area contributed by atoms with Crippen LogP contribution in [0, 0.1) is 0 Å². The van der Waals surface area contributed by atoms with Gasteiger partial charge in [0.1, 0.15) is 6.54 Å². The molecule has 1 heterocycles. The molecule has 150 valence electrons. The van der Waals surface area contributed by atoms with Crippen LogP contribution in [-0.4, -0.2) is 114 Å². The van der Waals surface area contributed by atoms with E-state index < -0.39 is 30.6 Å². The molecule has 1 aliphatic heterocycles. The topological polar surface area (TPSA) is 113 Å². The van der Waals surface area contributed by atoms with E-state index in [0.717, 1.165) is 0 Å². The number of halogens is 3. The number of hydrogen-bond donors (Lipinski definition) is 3. The third kappa shape index (κ3) is 10.2. The maximum Gasteiger partial charge on any atom is 0.405 e. The molecule has 0 bridgehead atoms. The molecule has 0 aromatic rings. The maximum atomic E-state index is 12.2. The highest BCUT2D eigenvalue weighted by Gasteiger charge is 2.28. The predicted octanol–water partition coefficient (Wildman–Crippen LogP) is -1.25. The van der Waals surface area contributed by atoms with Crippen LogP contribution in [0.2, 0.25) is 0 Å². The second-order valence-electron chi connectivity index (χ2n) is 6.01. The highest BCUT2D eigenvalue weighted by molar-refractivity contribution is 5.78. The molecule has 9 nitrogen and oxygen atoms in total. The van der Waals surface area contributed by atoms with Crippen molar-refractivity contribution in [1.29, 1.82) is 0 Å². The van der Waals surface area contributed by atoms with E-state index in [1.54, 1.807) is 20.0 Å². The third-order valence-corrected chi connectivity index (χ3v) is 3.77. The number of carbonyl (C=O) groups is 3. The lowest BCUT2D eigenvalue weighted by atomic mass is 10.4. The van der Waals surface area contributed by atoms with E-state index in [1.165, 1.54) is 0 Å². The second kappa shape index (κ2) is 10.3. The standard InChI is InChI=1S/C14H23F3N4O5/c15-14(16,17)10-18-11(22)7-19-1-3-20(8-12(23)24)5-6-21(4-2-19)9-13(25)26/h1-10H2,(H,18,22)(H,23,24)(H,25,26). The Kier molecular flexibility index (Phi) is 8.75. The quantitative estimate of drug-likeness (QED) is 0.499. The van der Waals surface area contributed by atoms with Gasteiger partial charge in [-0.25, -0.2) is 0 Å². The summed E-state index contributed by atoms with van der Waals surface area (Å²) in [5.41, 5.74) is 0. The third-order valence-electron chi connectivity index (χ3n) is 3.77. The molecular weight excluding hydrogens is 361 g/mol. The van der Waals surface area contributed by atoms with Crippen LogP contribution in [0.1, 0.15) is 0 Å². The molecule has 26 heavy (non-hydrogen) atoms. The maximum absolute atomic E-state index is 12.2. The van der Waals surface area contributed by atoms with Gasteiger partial charge < -0.3 is 15.5 Å². The van der Waals surface area contributed by atoms with Crippen molar-refractivity contribution >= 4 is 17.8 Å². The van der Waals surface area contributed by atoms with Crippen molar-refractivity contribution in [2.75, 3.05) is 65.4 Å². The average molecular weight is 384 g/mol. The summed E-state index contributed by atoms with van der Waals surface area (Å²) in [5.74, 6) is -2.87. The summed E-state index contributed by atoms with van der Waals surface area (Å²) in [6.45, 7) is -0.319. The first kappa shape index (κ1) is 22.1. The lowest BCUT2D eigenvalue weighted by Gasteiger charge is -2.24. The predicted molar refractivity (Wildman–Crippen MR) is 83.7 cm³/mol. The summed E-state index contributed by atoms with van der Waals surface area (Å²) in [6, 6.07) is 0. The molecule has 3 N–H and O–H groups in total. The number of hydrogen-bond acceptors (Lipinski definition) is 6. The normalized spacial score (nSPS) is 18.6. The molecule has 0 saturated carbocycles. The Morgan fingerprint density at radius 1 is 0.769 bits per heavy atom.